The molecule has 4 heteroatoms. The number of nitrogens with zero attached hydrogens (tertiary/aromatic N) is 1. The minimum absolute atomic E-state index is 0.319. The van der Waals surface area contributed by atoms with E-state index in [4.69, 9.17) is 4.74 Å². The molecule has 0 bridgehead atoms. The van der Waals surface area contributed by atoms with Gasteiger partial charge in [0.25, 0.3) is 0 Å². The van der Waals surface area contributed by atoms with Crippen LogP contribution in [0.4, 0.5) is 11.4 Å². The summed E-state index contributed by atoms with van der Waals surface area (Å²) in [7, 11) is 0. The van der Waals surface area contributed by atoms with Crippen LogP contribution in [-0.2, 0) is 11.3 Å². The van der Waals surface area contributed by atoms with Crippen molar-refractivity contribution in [3.8, 4) is 0 Å². The predicted molar refractivity (Wildman–Crippen MR) is 101 cm³/mol. The molecule has 130 valence electrons. The molecule has 0 heterocycles. The lowest BCUT2D eigenvalue weighted by Gasteiger charge is -2.21. The van der Waals surface area contributed by atoms with E-state index in [0.717, 1.165) is 24.3 Å². The minimum atomic E-state index is -0.531. The van der Waals surface area contributed by atoms with Crippen LogP contribution in [-0.4, -0.2) is 37.5 Å². The quantitative estimate of drug-likeness (QED) is 0.700. The van der Waals surface area contributed by atoms with Crippen LogP contribution in [0.3, 0.4) is 0 Å². The number of benzene rings is 2. The van der Waals surface area contributed by atoms with Gasteiger partial charge in [0.05, 0.1) is 19.3 Å². The molecule has 1 atom stereocenters. The topological polar surface area (TPSA) is 44.7 Å². The van der Waals surface area contributed by atoms with Crippen LogP contribution < -0.4 is 10.2 Å². The molecular formula is C20H28N2O2. The number of rotatable bonds is 10. The first-order valence-corrected chi connectivity index (χ1v) is 8.61. The molecule has 0 amide bonds. The van der Waals surface area contributed by atoms with Crippen molar-refractivity contribution in [3.05, 3.63) is 60.2 Å². The molecule has 0 aromatic heterocycles. The van der Waals surface area contributed by atoms with Crippen LogP contribution in [0, 0.1) is 0 Å². The van der Waals surface area contributed by atoms with Crippen molar-refractivity contribution in [2.24, 2.45) is 0 Å². The first kappa shape index (κ1) is 18.3. The summed E-state index contributed by atoms with van der Waals surface area (Å²) in [5, 5.41) is 13.3. The van der Waals surface area contributed by atoms with Gasteiger partial charge in [-0.25, -0.2) is 0 Å². The normalized spacial score (nSPS) is 12.0. The number of aliphatic hydroxyl groups excluding tert-OH is 1. The van der Waals surface area contributed by atoms with E-state index < -0.39 is 6.10 Å². The summed E-state index contributed by atoms with van der Waals surface area (Å²) in [4.78, 5) is 2.30. The highest BCUT2D eigenvalue weighted by atomic mass is 16.5. The van der Waals surface area contributed by atoms with Crippen LogP contribution in [0.2, 0.25) is 0 Å². The molecule has 0 aliphatic rings. The van der Waals surface area contributed by atoms with Crippen LogP contribution >= 0.6 is 0 Å². The molecule has 0 spiro atoms. The summed E-state index contributed by atoms with van der Waals surface area (Å²) >= 11 is 0. The van der Waals surface area contributed by atoms with Crippen LogP contribution in [0.1, 0.15) is 19.4 Å². The van der Waals surface area contributed by atoms with Crippen molar-refractivity contribution >= 4 is 11.4 Å². The van der Waals surface area contributed by atoms with Crippen molar-refractivity contribution in [2.45, 2.75) is 26.6 Å². The average molecular weight is 328 g/mol. The van der Waals surface area contributed by atoms with Gasteiger partial charge in [-0.05, 0) is 43.7 Å². The molecule has 0 saturated heterocycles. The fraction of sp³-hybridized carbons (Fsp3) is 0.400. The molecule has 2 aromatic carbocycles. The van der Waals surface area contributed by atoms with Gasteiger partial charge in [-0.1, -0.05) is 30.3 Å². The van der Waals surface area contributed by atoms with Crippen LogP contribution in [0.25, 0.3) is 0 Å². The predicted octanol–water partition coefficient (Wildman–Crippen LogP) is 3.52. The summed E-state index contributed by atoms with van der Waals surface area (Å²) in [5.74, 6) is 0. The molecule has 1 unspecified atom stereocenters. The van der Waals surface area contributed by atoms with E-state index in [2.05, 4.69) is 36.2 Å². The van der Waals surface area contributed by atoms with Gasteiger partial charge in [0.1, 0.15) is 0 Å². The summed E-state index contributed by atoms with van der Waals surface area (Å²) in [5.41, 5.74) is 3.34. The lowest BCUT2D eigenvalue weighted by Crippen LogP contribution is -2.25. The van der Waals surface area contributed by atoms with Crippen molar-refractivity contribution in [2.75, 3.05) is 36.5 Å². The maximum Gasteiger partial charge on any atom is 0.0945 e. The zero-order chi connectivity index (χ0) is 17.2. The monoisotopic (exact) mass is 328 g/mol. The van der Waals surface area contributed by atoms with Crippen LogP contribution in [0.15, 0.2) is 54.6 Å². The zero-order valence-corrected chi connectivity index (χ0v) is 14.6. The Kier molecular flexibility index (Phi) is 7.59. The first-order valence-electron chi connectivity index (χ1n) is 8.61. The highest BCUT2D eigenvalue weighted by Crippen LogP contribution is 2.17. The molecule has 4 nitrogen and oxygen atoms in total. The number of anilines is 2. The lowest BCUT2D eigenvalue weighted by atomic mass is 10.2. The second-order valence-corrected chi connectivity index (χ2v) is 5.75. The molecule has 24 heavy (non-hydrogen) atoms. The maximum atomic E-state index is 10.0. The Morgan fingerprint density at radius 1 is 1.00 bits per heavy atom. The summed E-state index contributed by atoms with van der Waals surface area (Å²) < 4.78 is 5.55. The van der Waals surface area contributed by atoms with Gasteiger partial charge in [0.2, 0.25) is 0 Å². The molecule has 2 aromatic rings. The number of aliphatic hydroxyl groups is 1. The average Bonchev–Trinajstić information content (AvgIpc) is 2.63. The molecular weight excluding hydrogens is 300 g/mol. The van der Waals surface area contributed by atoms with Crippen molar-refractivity contribution < 1.29 is 9.84 Å². The summed E-state index contributed by atoms with van der Waals surface area (Å²) in [6, 6.07) is 18.3. The Morgan fingerprint density at radius 2 is 1.67 bits per heavy atom. The Morgan fingerprint density at radius 3 is 2.29 bits per heavy atom. The Balaban J connectivity index is 1.70. The maximum absolute atomic E-state index is 10.0. The zero-order valence-electron chi connectivity index (χ0n) is 14.6. The standard InChI is InChI=1S/C20H28N2O2/c1-3-22(4-2)19-12-10-18(11-13-19)21-14-20(23)16-24-15-17-8-6-5-7-9-17/h5-13,20-21,23H,3-4,14-16H2,1-2H3. The van der Waals surface area contributed by atoms with E-state index in [0.29, 0.717) is 19.8 Å². The molecule has 0 saturated carbocycles. The van der Waals surface area contributed by atoms with Gasteiger partial charge in [0.15, 0.2) is 0 Å². The van der Waals surface area contributed by atoms with Gasteiger partial charge in [-0.3, -0.25) is 0 Å². The number of ether oxygens (including phenoxy) is 1. The van der Waals surface area contributed by atoms with Gasteiger partial charge >= 0.3 is 0 Å². The van der Waals surface area contributed by atoms with E-state index in [1.165, 1.54) is 5.69 Å². The minimum Gasteiger partial charge on any atom is -0.389 e. The number of hydrogen-bond donors (Lipinski definition) is 2. The lowest BCUT2D eigenvalue weighted by molar-refractivity contribution is 0.0348. The van der Waals surface area contributed by atoms with Gasteiger partial charge < -0.3 is 20.1 Å². The molecule has 2 rings (SSSR count). The molecule has 0 radical (unpaired) electrons. The van der Waals surface area contributed by atoms with Gasteiger partial charge in [-0.15, -0.1) is 0 Å². The molecule has 0 fully saturated rings. The third kappa shape index (κ3) is 5.87. The fourth-order valence-electron chi connectivity index (χ4n) is 2.56. The Bertz CT molecular complexity index is 568. The van der Waals surface area contributed by atoms with Gasteiger partial charge in [0, 0.05) is 31.0 Å². The van der Waals surface area contributed by atoms with E-state index in [-0.39, 0.29) is 0 Å². The number of hydrogen-bond acceptors (Lipinski definition) is 4. The van der Waals surface area contributed by atoms with Crippen molar-refractivity contribution in [1.82, 2.24) is 0 Å². The molecule has 0 aliphatic carbocycles. The first-order chi connectivity index (χ1) is 11.7. The van der Waals surface area contributed by atoms with Crippen molar-refractivity contribution in [1.29, 1.82) is 0 Å². The van der Waals surface area contributed by atoms with E-state index >= 15 is 0 Å². The molecule has 0 aliphatic heterocycles. The SMILES string of the molecule is CCN(CC)c1ccc(NCC(O)COCc2ccccc2)cc1. The third-order valence-electron chi connectivity index (χ3n) is 3.96. The Labute approximate surface area is 145 Å². The van der Waals surface area contributed by atoms with Crippen LogP contribution in [0.5, 0.6) is 0 Å². The van der Waals surface area contributed by atoms with E-state index in [1.807, 2.05) is 42.5 Å². The smallest absolute Gasteiger partial charge is 0.0945 e. The Hall–Kier alpha value is -2.04. The highest BCUT2D eigenvalue weighted by molar-refractivity contribution is 5.55. The third-order valence-corrected chi connectivity index (χ3v) is 3.96. The van der Waals surface area contributed by atoms with E-state index in [9.17, 15) is 5.11 Å². The second-order valence-electron chi connectivity index (χ2n) is 5.75. The summed E-state index contributed by atoms with van der Waals surface area (Å²) in [6.45, 7) is 7.62. The molecule has 2 N–H and O–H groups in total. The van der Waals surface area contributed by atoms with Gasteiger partial charge in [-0.2, -0.15) is 0 Å². The second kappa shape index (κ2) is 9.96. The van der Waals surface area contributed by atoms with E-state index in [1.54, 1.807) is 0 Å². The number of nitrogens with one attached hydrogen (secondary N) is 1. The highest BCUT2D eigenvalue weighted by Gasteiger charge is 2.05. The van der Waals surface area contributed by atoms with Crippen molar-refractivity contribution in [3.63, 3.8) is 0 Å². The summed E-state index contributed by atoms with van der Waals surface area (Å²) in [6.07, 6.45) is -0.531. The fourth-order valence-corrected chi connectivity index (χ4v) is 2.56. The largest absolute Gasteiger partial charge is 0.389 e.